The van der Waals surface area contributed by atoms with Crippen LogP contribution in [-0.4, -0.2) is 31.3 Å². The fourth-order valence-corrected chi connectivity index (χ4v) is 3.22. The van der Waals surface area contributed by atoms with Gasteiger partial charge in [0.05, 0.1) is 6.07 Å². The standard InChI is InChI=1S/C21H22N6O2/c1-4-15-5-7-16(8-6-15)26-20(29)18(11-22)19(28)10-9-17-13(2)25-21-23-12-24-27(21)14(17)3/h5-8,12,18H,4,9-10H2,1-3H3,(H,26,29). The number of fused-ring (bicyclic) bond motifs is 1. The smallest absolute Gasteiger partial charge is 0.252 e. The normalized spacial score (nSPS) is 11.8. The molecule has 0 aliphatic rings. The third kappa shape index (κ3) is 4.29. The molecule has 1 amide bonds. The Morgan fingerprint density at radius 1 is 1.24 bits per heavy atom. The summed E-state index contributed by atoms with van der Waals surface area (Å²) in [5.41, 5.74) is 4.16. The minimum Gasteiger partial charge on any atom is -0.325 e. The maximum Gasteiger partial charge on any atom is 0.252 e. The number of amides is 1. The van der Waals surface area contributed by atoms with E-state index in [4.69, 9.17) is 0 Å². The topological polar surface area (TPSA) is 113 Å². The van der Waals surface area contributed by atoms with E-state index in [1.165, 1.54) is 6.33 Å². The zero-order valence-electron chi connectivity index (χ0n) is 16.6. The van der Waals surface area contributed by atoms with E-state index in [0.29, 0.717) is 17.9 Å². The van der Waals surface area contributed by atoms with Crippen LogP contribution in [0.5, 0.6) is 0 Å². The van der Waals surface area contributed by atoms with Crippen molar-refractivity contribution in [1.29, 1.82) is 5.26 Å². The van der Waals surface area contributed by atoms with E-state index in [-0.39, 0.29) is 6.42 Å². The van der Waals surface area contributed by atoms with Gasteiger partial charge >= 0.3 is 0 Å². The summed E-state index contributed by atoms with van der Waals surface area (Å²) >= 11 is 0. The molecule has 0 bridgehead atoms. The molecular weight excluding hydrogens is 368 g/mol. The number of Topliss-reactive ketones (excluding diaryl/α,β-unsaturated/α-hetero) is 1. The lowest BCUT2D eigenvalue weighted by Crippen LogP contribution is -2.29. The highest BCUT2D eigenvalue weighted by molar-refractivity contribution is 6.09. The summed E-state index contributed by atoms with van der Waals surface area (Å²) in [7, 11) is 0. The first kappa shape index (κ1) is 20.1. The number of carbonyl (C=O) groups is 2. The second-order valence-electron chi connectivity index (χ2n) is 6.80. The van der Waals surface area contributed by atoms with Gasteiger partial charge in [-0.05, 0) is 49.9 Å². The molecule has 29 heavy (non-hydrogen) atoms. The van der Waals surface area contributed by atoms with Crippen molar-refractivity contribution in [3.05, 3.63) is 53.1 Å². The summed E-state index contributed by atoms with van der Waals surface area (Å²) < 4.78 is 1.61. The summed E-state index contributed by atoms with van der Waals surface area (Å²) in [5, 5.41) is 16.2. The zero-order valence-corrected chi connectivity index (χ0v) is 16.6. The molecule has 2 aromatic heterocycles. The molecular formula is C21H22N6O2. The van der Waals surface area contributed by atoms with Crippen molar-refractivity contribution in [2.45, 2.75) is 40.0 Å². The second kappa shape index (κ2) is 8.61. The van der Waals surface area contributed by atoms with Crippen molar-refractivity contribution < 1.29 is 9.59 Å². The lowest BCUT2D eigenvalue weighted by molar-refractivity contribution is -0.128. The number of ketones is 1. The first-order valence-electron chi connectivity index (χ1n) is 9.42. The summed E-state index contributed by atoms with van der Waals surface area (Å²) in [4.78, 5) is 33.5. The van der Waals surface area contributed by atoms with E-state index in [9.17, 15) is 14.9 Å². The molecule has 1 aromatic carbocycles. The van der Waals surface area contributed by atoms with Gasteiger partial charge < -0.3 is 5.32 Å². The molecule has 0 saturated heterocycles. The molecule has 1 N–H and O–H groups in total. The molecule has 0 aliphatic heterocycles. The van der Waals surface area contributed by atoms with Crippen molar-refractivity contribution in [3.8, 4) is 6.07 Å². The summed E-state index contributed by atoms with van der Waals surface area (Å²) in [6.07, 6.45) is 2.74. The molecule has 1 atom stereocenters. The number of benzene rings is 1. The van der Waals surface area contributed by atoms with Crippen LogP contribution in [0.3, 0.4) is 0 Å². The van der Waals surface area contributed by atoms with Crippen LogP contribution < -0.4 is 5.32 Å². The van der Waals surface area contributed by atoms with Crippen molar-refractivity contribution in [1.82, 2.24) is 19.6 Å². The first-order valence-corrected chi connectivity index (χ1v) is 9.42. The Hall–Kier alpha value is -3.60. The van der Waals surface area contributed by atoms with E-state index in [0.717, 1.165) is 28.9 Å². The molecule has 2 heterocycles. The summed E-state index contributed by atoms with van der Waals surface area (Å²) in [6.45, 7) is 5.76. The lowest BCUT2D eigenvalue weighted by atomic mass is 9.97. The summed E-state index contributed by atoms with van der Waals surface area (Å²) in [5.74, 6) is -1.89. The van der Waals surface area contributed by atoms with E-state index >= 15 is 0 Å². The number of hydrogen-bond donors (Lipinski definition) is 1. The second-order valence-corrected chi connectivity index (χ2v) is 6.80. The van der Waals surface area contributed by atoms with Crippen LogP contribution in [0.15, 0.2) is 30.6 Å². The quantitative estimate of drug-likeness (QED) is 0.620. The maximum absolute atomic E-state index is 12.6. The number of hydrogen-bond acceptors (Lipinski definition) is 6. The van der Waals surface area contributed by atoms with Gasteiger partial charge in [-0.25, -0.2) is 9.50 Å². The minimum absolute atomic E-state index is 0.0595. The Kier molecular flexibility index (Phi) is 5.98. The Labute approximate surface area is 168 Å². The van der Waals surface area contributed by atoms with Crippen LogP contribution in [0.4, 0.5) is 5.69 Å². The summed E-state index contributed by atoms with van der Waals surface area (Å²) in [6, 6.07) is 9.16. The molecule has 0 fully saturated rings. The zero-order chi connectivity index (χ0) is 21.0. The Bertz CT molecular complexity index is 1090. The highest BCUT2D eigenvalue weighted by Crippen LogP contribution is 2.17. The molecule has 8 heteroatoms. The van der Waals surface area contributed by atoms with E-state index in [1.807, 2.05) is 39.0 Å². The molecule has 1 unspecified atom stereocenters. The molecule has 3 aromatic rings. The van der Waals surface area contributed by atoms with Gasteiger partial charge in [0.1, 0.15) is 6.33 Å². The van der Waals surface area contributed by atoms with Crippen LogP contribution in [0.2, 0.25) is 0 Å². The van der Waals surface area contributed by atoms with Crippen LogP contribution in [0, 0.1) is 31.1 Å². The Balaban J connectivity index is 1.68. The van der Waals surface area contributed by atoms with E-state index in [1.54, 1.807) is 16.6 Å². The van der Waals surface area contributed by atoms with Gasteiger partial charge in [-0.3, -0.25) is 9.59 Å². The molecule has 3 rings (SSSR count). The third-order valence-electron chi connectivity index (χ3n) is 4.95. The number of anilines is 1. The highest BCUT2D eigenvalue weighted by Gasteiger charge is 2.26. The van der Waals surface area contributed by atoms with Crippen LogP contribution >= 0.6 is 0 Å². The van der Waals surface area contributed by atoms with Crippen LogP contribution in [0.25, 0.3) is 5.78 Å². The predicted molar refractivity (Wildman–Crippen MR) is 107 cm³/mol. The minimum atomic E-state index is -1.36. The molecule has 0 radical (unpaired) electrons. The predicted octanol–water partition coefficient (Wildman–Crippen LogP) is 2.58. The number of nitriles is 1. The fourth-order valence-electron chi connectivity index (χ4n) is 3.22. The Morgan fingerprint density at radius 3 is 2.62 bits per heavy atom. The van der Waals surface area contributed by atoms with Gasteiger partial charge in [0.25, 0.3) is 5.78 Å². The lowest BCUT2D eigenvalue weighted by Gasteiger charge is -2.12. The number of aryl methyl sites for hydroxylation is 3. The monoisotopic (exact) mass is 390 g/mol. The molecule has 8 nitrogen and oxygen atoms in total. The average molecular weight is 390 g/mol. The number of nitrogens with one attached hydrogen (secondary N) is 1. The van der Waals surface area contributed by atoms with Crippen molar-refractivity contribution in [2.75, 3.05) is 5.32 Å². The largest absolute Gasteiger partial charge is 0.325 e. The average Bonchev–Trinajstić information content (AvgIpc) is 3.17. The van der Waals surface area contributed by atoms with Gasteiger partial charge in [-0.2, -0.15) is 15.3 Å². The van der Waals surface area contributed by atoms with Crippen molar-refractivity contribution in [3.63, 3.8) is 0 Å². The number of carbonyl (C=O) groups excluding carboxylic acids is 2. The SMILES string of the molecule is CCc1ccc(NC(=O)C(C#N)C(=O)CCc2c(C)nc3ncnn3c2C)cc1. The van der Waals surface area contributed by atoms with E-state index < -0.39 is 17.6 Å². The van der Waals surface area contributed by atoms with E-state index in [2.05, 4.69) is 20.4 Å². The fraction of sp³-hybridized carbons (Fsp3) is 0.333. The number of aromatic nitrogens is 4. The van der Waals surface area contributed by atoms with Gasteiger partial charge in [0.15, 0.2) is 11.7 Å². The van der Waals surface area contributed by atoms with Crippen LogP contribution in [0.1, 0.15) is 35.9 Å². The van der Waals surface area contributed by atoms with Gasteiger partial charge in [0, 0.05) is 23.5 Å². The molecule has 0 spiro atoms. The third-order valence-corrected chi connectivity index (χ3v) is 4.95. The molecule has 148 valence electrons. The van der Waals surface area contributed by atoms with Gasteiger partial charge in [0.2, 0.25) is 5.91 Å². The highest BCUT2D eigenvalue weighted by atomic mass is 16.2. The van der Waals surface area contributed by atoms with Gasteiger partial charge in [-0.1, -0.05) is 19.1 Å². The first-order chi connectivity index (χ1) is 13.9. The van der Waals surface area contributed by atoms with Gasteiger partial charge in [-0.15, -0.1) is 0 Å². The maximum atomic E-state index is 12.6. The Morgan fingerprint density at radius 2 is 1.97 bits per heavy atom. The van der Waals surface area contributed by atoms with Crippen molar-refractivity contribution >= 4 is 23.2 Å². The number of rotatable bonds is 7. The van der Waals surface area contributed by atoms with Crippen molar-refractivity contribution in [2.24, 2.45) is 5.92 Å². The molecule has 0 saturated carbocycles. The molecule has 0 aliphatic carbocycles. The van der Waals surface area contributed by atoms with Crippen LogP contribution in [-0.2, 0) is 22.4 Å². The number of nitrogens with zero attached hydrogens (tertiary/aromatic N) is 5.